The zero-order chi connectivity index (χ0) is 14.5. The highest BCUT2D eigenvalue weighted by Crippen LogP contribution is 2.27. The summed E-state index contributed by atoms with van der Waals surface area (Å²) in [5, 5.41) is 3.07. The molecule has 0 spiro atoms. The monoisotopic (exact) mass is 268 g/mol. The van der Waals surface area contributed by atoms with E-state index in [9.17, 15) is 4.79 Å². The number of amides is 1. The molecule has 0 bridgehead atoms. The Morgan fingerprint density at radius 2 is 1.85 bits per heavy atom. The van der Waals surface area contributed by atoms with Crippen LogP contribution >= 0.6 is 0 Å². The highest BCUT2D eigenvalue weighted by atomic mass is 16.1. The molecule has 2 aromatic carbocycles. The number of benzene rings is 2. The molecule has 2 aromatic rings. The Bertz CT molecular complexity index is 620. The van der Waals surface area contributed by atoms with Crippen molar-refractivity contribution in [2.24, 2.45) is 5.73 Å². The highest BCUT2D eigenvalue weighted by Gasteiger charge is 2.07. The molecule has 3 N–H and O–H groups in total. The first-order chi connectivity index (χ1) is 9.58. The van der Waals surface area contributed by atoms with Gasteiger partial charge in [-0.15, -0.1) is 0 Å². The number of carbonyl (C=O) groups excluding carboxylic acids is 1. The fourth-order valence-corrected chi connectivity index (χ4v) is 2.37. The standard InChI is InChI=1S/C17H20N2O/c1-12-7-8-15(13(2)9-12)16-6-4-3-5-14(16)10-19-11-17(18)20/h3-9,19H,10-11H2,1-2H3,(H2,18,20). The molecule has 0 radical (unpaired) electrons. The predicted octanol–water partition coefficient (Wildman–Crippen LogP) is 2.55. The smallest absolute Gasteiger partial charge is 0.231 e. The first-order valence-electron chi connectivity index (χ1n) is 6.72. The maximum Gasteiger partial charge on any atom is 0.231 e. The molecule has 3 nitrogen and oxygen atoms in total. The molecule has 20 heavy (non-hydrogen) atoms. The van der Waals surface area contributed by atoms with E-state index >= 15 is 0 Å². The zero-order valence-electron chi connectivity index (χ0n) is 11.9. The first-order valence-corrected chi connectivity index (χ1v) is 6.72. The normalized spacial score (nSPS) is 10.5. The van der Waals surface area contributed by atoms with E-state index in [0.29, 0.717) is 6.54 Å². The van der Waals surface area contributed by atoms with Crippen LogP contribution in [0.4, 0.5) is 0 Å². The molecular weight excluding hydrogens is 248 g/mol. The number of hydrogen-bond donors (Lipinski definition) is 2. The summed E-state index contributed by atoms with van der Waals surface area (Å²) in [6, 6.07) is 14.7. The lowest BCUT2D eigenvalue weighted by atomic mass is 9.95. The van der Waals surface area contributed by atoms with Crippen LogP contribution in [-0.4, -0.2) is 12.5 Å². The van der Waals surface area contributed by atoms with Crippen molar-refractivity contribution < 1.29 is 4.79 Å². The average molecular weight is 268 g/mol. The molecule has 0 fully saturated rings. The van der Waals surface area contributed by atoms with Gasteiger partial charge >= 0.3 is 0 Å². The molecule has 0 atom stereocenters. The molecule has 0 aliphatic rings. The van der Waals surface area contributed by atoms with Crippen molar-refractivity contribution in [1.29, 1.82) is 0 Å². The molecule has 0 saturated heterocycles. The molecule has 0 heterocycles. The van der Waals surface area contributed by atoms with Crippen LogP contribution in [0.25, 0.3) is 11.1 Å². The summed E-state index contributed by atoms with van der Waals surface area (Å²) in [7, 11) is 0. The highest BCUT2D eigenvalue weighted by molar-refractivity contribution is 5.76. The summed E-state index contributed by atoms with van der Waals surface area (Å²) >= 11 is 0. The van der Waals surface area contributed by atoms with Gasteiger partial charge in [-0.3, -0.25) is 4.79 Å². The van der Waals surface area contributed by atoms with Crippen LogP contribution in [-0.2, 0) is 11.3 Å². The zero-order valence-corrected chi connectivity index (χ0v) is 11.9. The molecular formula is C17H20N2O. The number of primary amides is 1. The molecule has 0 unspecified atom stereocenters. The minimum absolute atomic E-state index is 0.196. The number of hydrogen-bond acceptors (Lipinski definition) is 2. The Morgan fingerprint density at radius 1 is 1.10 bits per heavy atom. The minimum atomic E-state index is -0.339. The summed E-state index contributed by atoms with van der Waals surface area (Å²) in [6.45, 7) is 5.04. The van der Waals surface area contributed by atoms with E-state index in [1.165, 1.54) is 27.8 Å². The van der Waals surface area contributed by atoms with Crippen molar-refractivity contribution in [3.05, 3.63) is 59.2 Å². The summed E-state index contributed by atoms with van der Waals surface area (Å²) in [6.07, 6.45) is 0. The molecule has 0 aromatic heterocycles. The van der Waals surface area contributed by atoms with E-state index in [1.54, 1.807) is 0 Å². The summed E-state index contributed by atoms with van der Waals surface area (Å²) in [4.78, 5) is 10.8. The van der Waals surface area contributed by atoms with Crippen molar-refractivity contribution in [3.63, 3.8) is 0 Å². The second-order valence-electron chi connectivity index (χ2n) is 5.05. The van der Waals surface area contributed by atoms with Gasteiger partial charge in [0.15, 0.2) is 0 Å². The van der Waals surface area contributed by atoms with Crippen LogP contribution in [0.2, 0.25) is 0 Å². The van der Waals surface area contributed by atoms with Gasteiger partial charge in [0.2, 0.25) is 5.91 Å². The van der Waals surface area contributed by atoms with Crippen LogP contribution in [0.15, 0.2) is 42.5 Å². The van der Waals surface area contributed by atoms with Crippen molar-refractivity contribution >= 4 is 5.91 Å². The third kappa shape index (κ3) is 3.45. The van der Waals surface area contributed by atoms with Crippen LogP contribution in [0.5, 0.6) is 0 Å². The quantitative estimate of drug-likeness (QED) is 0.875. The molecule has 2 rings (SSSR count). The average Bonchev–Trinajstić information content (AvgIpc) is 2.39. The number of aryl methyl sites for hydroxylation is 2. The van der Waals surface area contributed by atoms with Crippen molar-refractivity contribution in [2.45, 2.75) is 20.4 Å². The van der Waals surface area contributed by atoms with Crippen LogP contribution in [0.1, 0.15) is 16.7 Å². The van der Waals surface area contributed by atoms with E-state index in [4.69, 9.17) is 5.73 Å². The Kier molecular flexibility index (Phi) is 4.53. The summed E-state index contributed by atoms with van der Waals surface area (Å²) < 4.78 is 0. The minimum Gasteiger partial charge on any atom is -0.369 e. The van der Waals surface area contributed by atoms with E-state index in [2.05, 4.69) is 49.5 Å². The van der Waals surface area contributed by atoms with Crippen LogP contribution in [0.3, 0.4) is 0 Å². The second-order valence-corrected chi connectivity index (χ2v) is 5.05. The summed E-state index contributed by atoms with van der Waals surface area (Å²) in [5.74, 6) is -0.339. The Morgan fingerprint density at radius 3 is 2.55 bits per heavy atom. The van der Waals surface area contributed by atoms with Crippen molar-refractivity contribution in [2.75, 3.05) is 6.54 Å². The van der Waals surface area contributed by atoms with Crippen LogP contribution < -0.4 is 11.1 Å². The molecule has 1 amide bonds. The van der Waals surface area contributed by atoms with Gasteiger partial charge in [-0.05, 0) is 36.1 Å². The van der Waals surface area contributed by atoms with Gasteiger partial charge in [0, 0.05) is 6.54 Å². The van der Waals surface area contributed by atoms with Gasteiger partial charge in [-0.25, -0.2) is 0 Å². The summed E-state index contributed by atoms with van der Waals surface area (Å²) in [5.41, 5.74) is 11.3. The molecule has 0 aliphatic carbocycles. The Balaban J connectivity index is 2.29. The molecule has 0 saturated carbocycles. The lowest BCUT2D eigenvalue weighted by Crippen LogP contribution is -2.28. The Labute approximate surface area is 119 Å². The molecule has 3 heteroatoms. The van der Waals surface area contributed by atoms with E-state index in [-0.39, 0.29) is 12.5 Å². The first kappa shape index (κ1) is 14.3. The van der Waals surface area contributed by atoms with Gasteiger partial charge < -0.3 is 11.1 Å². The fraction of sp³-hybridized carbons (Fsp3) is 0.235. The third-order valence-electron chi connectivity index (χ3n) is 3.30. The number of nitrogens with one attached hydrogen (secondary N) is 1. The second kappa shape index (κ2) is 6.35. The number of rotatable bonds is 5. The SMILES string of the molecule is Cc1ccc(-c2ccccc2CNCC(N)=O)c(C)c1. The predicted molar refractivity (Wildman–Crippen MR) is 82.3 cm³/mol. The lowest BCUT2D eigenvalue weighted by Gasteiger charge is -2.13. The third-order valence-corrected chi connectivity index (χ3v) is 3.30. The maximum atomic E-state index is 10.8. The van der Waals surface area contributed by atoms with E-state index < -0.39 is 0 Å². The van der Waals surface area contributed by atoms with Gasteiger partial charge in [-0.2, -0.15) is 0 Å². The largest absolute Gasteiger partial charge is 0.369 e. The molecule has 104 valence electrons. The number of carbonyl (C=O) groups is 1. The van der Waals surface area contributed by atoms with Crippen molar-refractivity contribution in [1.82, 2.24) is 5.32 Å². The number of nitrogens with two attached hydrogens (primary N) is 1. The maximum absolute atomic E-state index is 10.8. The van der Waals surface area contributed by atoms with Crippen LogP contribution in [0, 0.1) is 13.8 Å². The van der Waals surface area contributed by atoms with Gasteiger partial charge in [0.25, 0.3) is 0 Å². The Hall–Kier alpha value is -2.13. The topological polar surface area (TPSA) is 55.1 Å². The lowest BCUT2D eigenvalue weighted by molar-refractivity contribution is -0.117. The van der Waals surface area contributed by atoms with Crippen molar-refractivity contribution in [3.8, 4) is 11.1 Å². The van der Waals surface area contributed by atoms with Gasteiger partial charge in [0.1, 0.15) is 0 Å². The molecule has 0 aliphatic heterocycles. The van der Waals surface area contributed by atoms with E-state index in [0.717, 1.165) is 0 Å². The fourth-order valence-electron chi connectivity index (χ4n) is 2.37. The van der Waals surface area contributed by atoms with Gasteiger partial charge in [-0.1, -0.05) is 48.0 Å². The van der Waals surface area contributed by atoms with E-state index in [1.807, 2.05) is 12.1 Å². The van der Waals surface area contributed by atoms with Gasteiger partial charge in [0.05, 0.1) is 6.54 Å².